The first-order valence-corrected chi connectivity index (χ1v) is 7.15. The van der Waals surface area contributed by atoms with E-state index >= 15 is 0 Å². The van der Waals surface area contributed by atoms with Gasteiger partial charge in [-0.15, -0.1) is 10.2 Å². The van der Waals surface area contributed by atoms with Gasteiger partial charge in [-0.1, -0.05) is 12.1 Å². The smallest absolute Gasteiger partial charge is 0.270 e. The Hall–Kier alpha value is -3.23. The number of nitrogens with one attached hydrogen (secondary N) is 2. The summed E-state index contributed by atoms with van der Waals surface area (Å²) in [6.45, 7) is 3.61. The van der Waals surface area contributed by atoms with E-state index in [0.717, 1.165) is 5.56 Å². The third-order valence-corrected chi connectivity index (χ3v) is 3.32. The van der Waals surface area contributed by atoms with Crippen LogP contribution >= 0.6 is 0 Å². The monoisotopic (exact) mass is 327 g/mol. The highest BCUT2D eigenvalue weighted by Gasteiger charge is 2.13. The highest BCUT2D eigenvalue weighted by Crippen LogP contribution is 2.12. The summed E-state index contributed by atoms with van der Waals surface area (Å²) in [5.41, 5.74) is 1.92. The summed E-state index contributed by atoms with van der Waals surface area (Å²) in [7, 11) is 0. The molecule has 3 aromatic rings. The van der Waals surface area contributed by atoms with Crippen molar-refractivity contribution in [3.8, 4) is 11.5 Å². The van der Waals surface area contributed by atoms with E-state index in [0.29, 0.717) is 17.1 Å². The molecule has 2 heterocycles. The molecule has 2 N–H and O–H groups in total. The van der Waals surface area contributed by atoms with Crippen molar-refractivity contribution in [3.05, 3.63) is 52.7 Å². The van der Waals surface area contributed by atoms with Gasteiger partial charge >= 0.3 is 0 Å². The van der Waals surface area contributed by atoms with Crippen LogP contribution < -0.4 is 5.32 Å². The summed E-state index contributed by atoms with van der Waals surface area (Å²) in [5, 5.41) is 16.2. The summed E-state index contributed by atoms with van der Waals surface area (Å²) < 4.78 is 13.3. The maximum atomic E-state index is 13.3. The van der Waals surface area contributed by atoms with Gasteiger partial charge in [-0.3, -0.25) is 4.79 Å². The Bertz CT molecular complexity index is 880. The molecular weight excluding hydrogens is 313 g/mol. The zero-order chi connectivity index (χ0) is 17.1. The molecule has 0 aliphatic rings. The molecule has 3 rings (SSSR count). The molecular formula is C15H14FN7O. The van der Waals surface area contributed by atoms with Crippen LogP contribution in [0.15, 0.2) is 24.3 Å². The van der Waals surface area contributed by atoms with Crippen molar-refractivity contribution < 1.29 is 9.18 Å². The van der Waals surface area contributed by atoms with Crippen LogP contribution in [-0.2, 0) is 6.54 Å². The van der Waals surface area contributed by atoms with Gasteiger partial charge in [0, 0.05) is 6.54 Å². The number of rotatable bonds is 4. The molecule has 0 radical (unpaired) electrons. The summed E-state index contributed by atoms with van der Waals surface area (Å²) in [4.78, 5) is 20.6. The minimum Gasteiger partial charge on any atom is -0.347 e. The van der Waals surface area contributed by atoms with E-state index in [1.165, 1.54) is 12.1 Å². The molecule has 24 heavy (non-hydrogen) atoms. The van der Waals surface area contributed by atoms with Crippen LogP contribution in [0.5, 0.6) is 0 Å². The van der Waals surface area contributed by atoms with Crippen LogP contribution in [0.2, 0.25) is 0 Å². The standard InChI is InChI=1S/C15H14FN7O/c1-8-5-10(3-4-11(8)16)7-17-15(24)13-6-12(18-9(2)19-13)14-20-22-23-21-14/h3-6H,7H2,1-2H3,(H,17,24)(H,20,21,22,23). The summed E-state index contributed by atoms with van der Waals surface area (Å²) in [6.07, 6.45) is 0. The first kappa shape index (κ1) is 15.7. The lowest BCUT2D eigenvalue weighted by Gasteiger charge is -2.07. The Labute approximate surface area is 136 Å². The van der Waals surface area contributed by atoms with Crippen molar-refractivity contribution in [1.82, 2.24) is 35.9 Å². The SMILES string of the molecule is Cc1nc(C(=O)NCc2ccc(F)c(C)c2)cc(-c2nn[nH]n2)n1. The van der Waals surface area contributed by atoms with Crippen LogP contribution in [0.25, 0.3) is 11.5 Å². The molecule has 0 saturated carbocycles. The Kier molecular flexibility index (Phi) is 4.23. The quantitative estimate of drug-likeness (QED) is 0.748. The van der Waals surface area contributed by atoms with Crippen molar-refractivity contribution >= 4 is 5.91 Å². The van der Waals surface area contributed by atoms with E-state index in [2.05, 4.69) is 35.9 Å². The molecule has 0 bridgehead atoms. The molecule has 8 nitrogen and oxygen atoms in total. The molecule has 0 aliphatic heterocycles. The van der Waals surface area contributed by atoms with E-state index in [4.69, 9.17) is 0 Å². The van der Waals surface area contributed by atoms with Gasteiger partial charge in [-0.05, 0) is 42.3 Å². The Morgan fingerprint density at radius 2 is 2.08 bits per heavy atom. The van der Waals surface area contributed by atoms with Crippen LogP contribution in [0.1, 0.15) is 27.4 Å². The zero-order valence-corrected chi connectivity index (χ0v) is 13.0. The van der Waals surface area contributed by atoms with Gasteiger partial charge in [-0.2, -0.15) is 5.21 Å². The van der Waals surface area contributed by atoms with E-state index in [1.54, 1.807) is 26.0 Å². The van der Waals surface area contributed by atoms with Gasteiger partial charge in [-0.25, -0.2) is 14.4 Å². The molecule has 122 valence electrons. The van der Waals surface area contributed by atoms with Crippen LogP contribution in [-0.4, -0.2) is 36.5 Å². The van der Waals surface area contributed by atoms with Crippen molar-refractivity contribution in [3.63, 3.8) is 0 Å². The van der Waals surface area contributed by atoms with Crippen LogP contribution in [0.4, 0.5) is 4.39 Å². The molecule has 0 aliphatic carbocycles. The number of aromatic amines is 1. The minimum atomic E-state index is -0.368. The van der Waals surface area contributed by atoms with Crippen molar-refractivity contribution in [2.45, 2.75) is 20.4 Å². The fourth-order valence-corrected chi connectivity index (χ4v) is 2.16. The number of benzene rings is 1. The molecule has 0 spiro atoms. The molecule has 0 saturated heterocycles. The van der Waals surface area contributed by atoms with Crippen molar-refractivity contribution in [1.29, 1.82) is 0 Å². The first-order valence-electron chi connectivity index (χ1n) is 7.15. The lowest BCUT2D eigenvalue weighted by molar-refractivity contribution is 0.0945. The normalized spacial score (nSPS) is 10.6. The number of carbonyl (C=O) groups excluding carboxylic acids is 1. The largest absolute Gasteiger partial charge is 0.347 e. The van der Waals surface area contributed by atoms with Crippen molar-refractivity contribution in [2.75, 3.05) is 0 Å². The highest BCUT2D eigenvalue weighted by molar-refractivity contribution is 5.93. The molecule has 1 amide bonds. The van der Waals surface area contributed by atoms with E-state index < -0.39 is 0 Å². The van der Waals surface area contributed by atoms with E-state index in [9.17, 15) is 9.18 Å². The fourth-order valence-electron chi connectivity index (χ4n) is 2.16. The molecule has 9 heteroatoms. The number of tetrazole rings is 1. The third-order valence-electron chi connectivity index (χ3n) is 3.32. The predicted octanol–water partition coefficient (Wildman–Crippen LogP) is 1.34. The maximum Gasteiger partial charge on any atom is 0.270 e. The molecule has 1 aromatic carbocycles. The number of carbonyl (C=O) groups is 1. The van der Waals surface area contributed by atoms with Gasteiger partial charge in [0.05, 0.1) is 0 Å². The predicted molar refractivity (Wildman–Crippen MR) is 82.2 cm³/mol. The summed E-state index contributed by atoms with van der Waals surface area (Å²) in [6, 6.07) is 6.17. The minimum absolute atomic E-state index is 0.195. The molecule has 0 fully saturated rings. The van der Waals surface area contributed by atoms with Crippen LogP contribution in [0, 0.1) is 19.7 Å². The summed E-state index contributed by atoms with van der Waals surface area (Å²) >= 11 is 0. The first-order chi connectivity index (χ1) is 11.5. The topological polar surface area (TPSA) is 109 Å². The van der Waals surface area contributed by atoms with Gasteiger partial charge in [0.25, 0.3) is 5.91 Å². The van der Waals surface area contributed by atoms with Gasteiger partial charge < -0.3 is 5.32 Å². The lowest BCUT2D eigenvalue weighted by Crippen LogP contribution is -2.24. The number of halogens is 1. The van der Waals surface area contributed by atoms with Crippen molar-refractivity contribution in [2.24, 2.45) is 0 Å². The second-order valence-electron chi connectivity index (χ2n) is 5.19. The second kappa shape index (κ2) is 6.49. The Morgan fingerprint density at radius 3 is 2.79 bits per heavy atom. The molecule has 2 aromatic heterocycles. The number of H-pyrrole nitrogens is 1. The zero-order valence-electron chi connectivity index (χ0n) is 13.0. The average Bonchev–Trinajstić information content (AvgIpc) is 3.09. The Balaban J connectivity index is 1.76. The Morgan fingerprint density at radius 1 is 1.25 bits per heavy atom. The fraction of sp³-hybridized carbons (Fsp3) is 0.200. The van der Waals surface area contributed by atoms with E-state index in [-0.39, 0.29) is 29.8 Å². The number of nitrogens with zero attached hydrogens (tertiary/aromatic N) is 5. The molecule has 0 unspecified atom stereocenters. The number of hydrogen-bond acceptors (Lipinski definition) is 6. The number of amides is 1. The highest BCUT2D eigenvalue weighted by atomic mass is 19.1. The van der Waals surface area contributed by atoms with Gasteiger partial charge in [0.1, 0.15) is 23.0 Å². The summed E-state index contributed by atoms with van der Waals surface area (Å²) in [5.74, 6) is 0.0530. The number of aromatic nitrogens is 6. The van der Waals surface area contributed by atoms with E-state index in [1.807, 2.05) is 0 Å². The van der Waals surface area contributed by atoms with Gasteiger partial charge in [0.15, 0.2) is 0 Å². The maximum absolute atomic E-state index is 13.3. The third kappa shape index (κ3) is 3.40. The second-order valence-corrected chi connectivity index (χ2v) is 5.19. The number of hydrogen-bond donors (Lipinski definition) is 2. The van der Waals surface area contributed by atoms with Crippen LogP contribution in [0.3, 0.4) is 0 Å². The molecule has 0 atom stereocenters. The van der Waals surface area contributed by atoms with Gasteiger partial charge in [0.2, 0.25) is 5.82 Å². The average molecular weight is 327 g/mol. The number of aryl methyl sites for hydroxylation is 2. The lowest BCUT2D eigenvalue weighted by atomic mass is 10.1.